The van der Waals surface area contributed by atoms with E-state index in [4.69, 9.17) is 9.47 Å². The van der Waals surface area contributed by atoms with Gasteiger partial charge in [0.25, 0.3) is 0 Å². The van der Waals surface area contributed by atoms with Gasteiger partial charge in [0.15, 0.2) is 23.0 Å². The monoisotopic (exact) mass is 310 g/mol. The summed E-state index contributed by atoms with van der Waals surface area (Å²) in [6.07, 6.45) is 4.99. The summed E-state index contributed by atoms with van der Waals surface area (Å²) in [5, 5.41) is 5.09. The van der Waals surface area contributed by atoms with Gasteiger partial charge in [-0.2, -0.15) is 5.10 Å². The summed E-state index contributed by atoms with van der Waals surface area (Å²) in [6, 6.07) is 3.72. The van der Waals surface area contributed by atoms with Gasteiger partial charge in [-0.25, -0.2) is 15.0 Å². The van der Waals surface area contributed by atoms with Crippen LogP contribution in [0.2, 0.25) is 0 Å². The van der Waals surface area contributed by atoms with Crippen LogP contribution in [0.25, 0.3) is 27.9 Å². The molecule has 0 unspecified atom stereocenters. The zero-order valence-corrected chi connectivity index (χ0v) is 12.9. The smallest absolute Gasteiger partial charge is 0.163 e. The van der Waals surface area contributed by atoms with Crippen molar-refractivity contribution >= 4 is 22.1 Å². The highest BCUT2D eigenvalue weighted by atomic mass is 16.5. The molecule has 0 atom stereocenters. The number of aromatic nitrogens is 6. The molecule has 116 valence electrons. The third-order valence-electron chi connectivity index (χ3n) is 3.79. The maximum Gasteiger partial charge on any atom is 0.163 e. The van der Waals surface area contributed by atoms with Crippen molar-refractivity contribution in [2.24, 2.45) is 7.05 Å². The van der Waals surface area contributed by atoms with E-state index in [1.165, 1.54) is 6.33 Å². The largest absolute Gasteiger partial charge is 0.493 e. The molecule has 0 aliphatic heterocycles. The van der Waals surface area contributed by atoms with Crippen LogP contribution in [-0.4, -0.2) is 43.5 Å². The molecule has 0 fully saturated rings. The molecule has 3 aromatic heterocycles. The van der Waals surface area contributed by atoms with Crippen LogP contribution in [-0.2, 0) is 7.05 Å². The van der Waals surface area contributed by atoms with Crippen LogP contribution in [0.5, 0.6) is 11.5 Å². The Morgan fingerprint density at radius 3 is 2.57 bits per heavy atom. The molecule has 0 aliphatic rings. The molecule has 23 heavy (non-hydrogen) atoms. The highest BCUT2D eigenvalue weighted by Crippen LogP contribution is 2.33. The third-order valence-corrected chi connectivity index (χ3v) is 3.79. The minimum absolute atomic E-state index is 0.637. The molecule has 0 saturated carbocycles. The van der Waals surface area contributed by atoms with Crippen molar-refractivity contribution < 1.29 is 9.47 Å². The molecule has 0 N–H and O–H groups in total. The maximum absolute atomic E-state index is 5.38. The zero-order chi connectivity index (χ0) is 16.0. The van der Waals surface area contributed by atoms with E-state index in [-0.39, 0.29) is 0 Å². The Balaban J connectivity index is 2.01. The van der Waals surface area contributed by atoms with Gasteiger partial charge in [-0.1, -0.05) is 0 Å². The van der Waals surface area contributed by atoms with E-state index in [0.29, 0.717) is 11.5 Å². The Hall–Kier alpha value is -3.16. The molecule has 4 aromatic rings. The molecule has 0 amide bonds. The quantitative estimate of drug-likeness (QED) is 0.573. The lowest BCUT2D eigenvalue weighted by Gasteiger charge is -2.09. The summed E-state index contributed by atoms with van der Waals surface area (Å²) in [4.78, 5) is 13.1. The van der Waals surface area contributed by atoms with E-state index in [1.54, 1.807) is 31.4 Å². The van der Waals surface area contributed by atoms with E-state index < -0.39 is 0 Å². The average Bonchev–Trinajstić information content (AvgIpc) is 3.17. The summed E-state index contributed by atoms with van der Waals surface area (Å²) < 4.78 is 14.3. The number of imidazole rings is 1. The molecule has 0 radical (unpaired) electrons. The fourth-order valence-corrected chi connectivity index (χ4v) is 2.65. The fourth-order valence-electron chi connectivity index (χ4n) is 2.65. The van der Waals surface area contributed by atoms with Crippen molar-refractivity contribution in [1.82, 2.24) is 29.3 Å². The van der Waals surface area contributed by atoms with Gasteiger partial charge in [0.1, 0.15) is 12.7 Å². The summed E-state index contributed by atoms with van der Waals surface area (Å²) in [5.74, 6) is 2.00. The molecule has 3 heterocycles. The number of benzene rings is 1. The number of fused-ring (bicyclic) bond motifs is 2. The van der Waals surface area contributed by atoms with Crippen LogP contribution >= 0.6 is 0 Å². The maximum atomic E-state index is 5.38. The van der Waals surface area contributed by atoms with Gasteiger partial charge in [0.05, 0.1) is 36.8 Å². The van der Waals surface area contributed by atoms with E-state index in [1.807, 2.05) is 23.7 Å². The van der Waals surface area contributed by atoms with Crippen LogP contribution in [0.3, 0.4) is 0 Å². The Kier molecular flexibility index (Phi) is 2.90. The SMILES string of the molecule is COc1cc2ncn(-c3ncnc4c3cnn4C)c2cc1OC. The fraction of sp³-hybridized carbons (Fsp3) is 0.200. The lowest BCUT2D eigenvalue weighted by atomic mass is 10.2. The average molecular weight is 310 g/mol. The molecule has 8 heteroatoms. The lowest BCUT2D eigenvalue weighted by molar-refractivity contribution is 0.355. The van der Waals surface area contributed by atoms with Gasteiger partial charge in [0, 0.05) is 19.2 Å². The normalized spacial score (nSPS) is 11.3. The zero-order valence-electron chi connectivity index (χ0n) is 12.9. The molecule has 0 spiro atoms. The minimum atomic E-state index is 0.637. The number of methoxy groups -OCH3 is 2. The molecular weight excluding hydrogens is 296 g/mol. The first-order valence-corrected chi connectivity index (χ1v) is 6.95. The van der Waals surface area contributed by atoms with Crippen molar-refractivity contribution in [3.8, 4) is 17.3 Å². The Labute approximate surface area is 131 Å². The van der Waals surface area contributed by atoms with Gasteiger partial charge < -0.3 is 9.47 Å². The second-order valence-corrected chi connectivity index (χ2v) is 5.01. The molecular formula is C15H14N6O2. The van der Waals surface area contributed by atoms with Crippen molar-refractivity contribution in [3.05, 3.63) is 31.0 Å². The van der Waals surface area contributed by atoms with Crippen LogP contribution in [0, 0.1) is 0 Å². The van der Waals surface area contributed by atoms with Gasteiger partial charge in [-0.15, -0.1) is 0 Å². The highest BCUT2D eigenvalue weighted by Gasteiger charge is 2.15. The Morgan fingerprint density at radius 2 is 1.78 bits per heavy atom. The van der Waals surface area contributed by atoms with E-state index >= 15 is 0 Å². The Bertz CT molecular complexity index is 1020. The third kappa shape index (κ3) is 1.91. The first-order chi connectivity index (χ1) is 11.2. The van der Waals surface area contributed by atoms with Gasteiger partial charge >= 0.3 is 0 Å². The van der Waals surface area contributed by atoms with E-state index in [2.05, 4.69) is 20.1 Å². The van der Waals surface area contributed by atoms with E-state index in [9.17, 15) is 0 Å². The van der Waals surface area contributed by atoms with Crippen LogP contribution in [0.15, 0.2) is 31.0 Å². The number of aryl methyl sites for hydroxylation is 1. The van der Waals surface area contributed by atoms with Gasteiger partial charge in [-0.3, -0.25) is 9.25 Å². The summed E-state index contributed by atoms with van der Waals surface area (Å²) in [5.41, 5.74) is 2.42. The molecule has 8 nitrogen and oxygen atoms in total. The number of nitrogens with zero attached hydrogens (tertiary/aromatic N) is 6. The molecule has 4 rings (SSSR count). The number of hydrogen-bond acceptors (Lipinski definition) is 6. The number of hydrogen-bond donors (Lipinski definition) is 0. The topological polar surface area (TPSA) is 79.9 Å². The molecule has 0 aliphatic carbocycles. The van der Waals surface area contributed by atoms with Gasteiger partial charge in [0.2, 0.25) is 0 Å². The van der Waals surface area contributed by atoms with E-state index in [0.717, 1.165) is 27.9 Å². The highest BCUT2D eigenvalue weighted by molar-refractivity contribution is 5.87. The Morgan fingerprint density at radius 1 is 1.00 bits per heavy atom. The first-order valence-electron chi connectivity index (χ1n) is 6.95. The number of rotatable bonds is 3. The summed E-state index contributed by atoms with van der Waals surface area (Å²) in [7, 11) is 5.05. The van der Waals surface area contributed by atoms with Crippen molar-refractivity contribution in [1.29, 1.82) is 0 Å². The molecule has 0 saturated heterocycles. The second kappa shape index (κ2) is 4.94. The minimum Gasteiger partial charge on any atom is -0.493 e. The van der Waals surface area contributed by atoms with Crippen LogP contribution in [0.1, 0.15) is 0 Å². The van der Waals surface area contributed by atoms with Crippen LogP contribution in [0.4, 0.5) is 0 Å². The lowest BCUT2D eigenvalue weighted by Crippen LogP contribution is -1.99. The van der Waals surface area contributed by atoms with Crippen LogP contribution < -0.4 is 9.47 Å². The first kappa shape index (κ1) is 13.5. The van der Waals surface area contributed by atoms with Crippen molar-refractivity contribution in [2.45, 2.75) is 0 Å². The second-order valence-electron chi connectivity index (χ2n) is 5.01. The number of ether oxygens (including phenoxy) is 2. The molecule has 1 aromatic carbocycles. The van der Waals surface area contributed by atoms with Crippen molar-refractivity contribution in [3.63, 3.8) is 0 Å². The predicted octanol–water partition coefficient (Wildman–Crippen LogP) is 1.72. The van der Waals surface area contributed by atoms with Gasteiger partial charge in [-0.05, 0) is 0 Å². The molecule has 0 bridgehead atoms. The summed E-state index contributed by atoms with van der Waals surface area (Å²) >= 11 is 0. The predicted molar refractivity (Wildman–Crippen MR) is 84.0 cm³/mol. The summed E-state index contributed by atoms with van der Waals surface area (Å²) in [6.45, 7) is 0. The standard InChI is InChI=1S/C15H14N6O2/c1-20-14-9(6-19-20)15(17-7-16-14)21-8-18-10-4-12(22-2)13(23-3)5-11(10)21/h4-8H,1-3H3. The van der Waals surface area contributed by atoms with Crippen molar-refractivity contribution in [2.75, 3.05) is 14.2 Å².